The Morgan fingerprint density at radius 1 is 0.872 bits per heavy atom. The molecule has 7 N–H and O–H groups in total. The molecule has 1 aromatic carbocycles. The SMILES string of the molecule is CC(C)=CCc1cc2ccc(=O)oc2cc1O[C@@H]1O[C@H](CO)[C@@H](O)[C@H](O)[C@H]1O[C@@H]1O[C@H](CO)[C@@H](O)[C@H](O)[C@H]1O. The van der Waals surface area contributed by atoms with Crippen LogP contribution in [0.2, 0.25) is 0 Å². The van der Waals surface area contributed by atoms with Crippen LogP contribution in [-0.4, -0.2) is 110 Å². The van der Waals surface area contributed by atoms with Gasteiger partial charge in [-0.2, -0.15) is 0 Å². The summed E-state index contributed by atoms with van der Waals surface area (Å²) in [5.41, 5.74) is 1.30. The minimum Gasteiger partial charge on any atom is -0.462 e. The van der Waals surface area contributed by atoms with Crippen LogP contribution in [-0.2, 0) is 20.6 Å². The lowest BCUT2D eigenvalue weighted by Gasteiger charge is -2.45. The van der Waals surface area contributed by atoms with Gasteiger partial charge in [-0.3, -0.25) is 0 Å². The first-order valence-electron chi connectivity index (χ1n) is 12.5. The number of fused-ring (bicyclic) bond motifs is 1. The second-order valence-corrected chi connectivity index (χ2v) is 9.86. The van der Waals surface area contributed by atoms with Gasteiger partial charge in [0.05, 0.1) is 13.2 Å². The molecule has 0 aliphatic carbocycles. The van der Waals surface area contributed by atoms with Gasteiger partial charge in [0.15, 0.2) is 12.4 Å². The molecular weight excluding hydrogens is 520 g/mol. The Bertz CT molecular complexity index is 1210. The number of aliphatic hydroxyl groups excluding tert-OH is 7. The maximum Gasteiger partial charge on any atom is 0.336 e. The van der Waals surface area contributed by atoms with Gasteiger partial charge in [0.25, 0.3) is 0 Å². The summed E-state index contributed by atoms with van der Waals surface area (Å²) in [5.74, 6) is 0.182. The third-order valence-electron chi connectivity index (χ3n) is 6.74. The van der Waals surface area contributed by atoms with E-state index in [9.17, 15) is 40.5 Å². The Balaban J connectivity index is 1.69. The van der Waals surface area contributed by atoms with E-state index in [-0.39, 0.29) is 11.3 Å². The molecule has 2 aliphatic rings. The van der Waals surface area contributed by atoms with Gasteiger partial charge in [-0.05, 0) is 38.0 Å². The Labute approximate surface area is 223 Å². The molecular formula is C26H34O13. The van der Waals surface area contributed by atoms with E-state index in [1.54, 1.807) is 12.1 Å². The highest BCUT2D eigenvalue weighted by atomic mass is 16.8. The molecule has 0 bridgehead atoms. The van der Waals surface area contributed by atoms with Crippen LogP contribution in [0.4, 0.5) is 0 Å². The number of hydrogen-bond donors (Lipinski definition) is 7. The molecule has 0 unspecified atom stereocenters. The number of benzene rings is 1. The summed E-state index contributed by atoms with van der Waals surface area (Å²) in [5, 5.41) is 71.8. The van der Waals surface area contributed by atoms with E-state index in [1.165, 1.54) is 12.1 Å². The summed E-state index contributed by atoms with van der Waals surface area (Å²) in [6, 6.07) is 6.09. The van der Waals surface area contributed by atoms with Crippen molar-refractivity contribution in [3.05, 3.63) is 51.9 Å². The molecule has 13 heteroatoms. The standard InChI is InChI=1S/C26H34O13/c1-11(2)3-4-12-7-13-5-6-18(29)35-14(13)8-15(12)36-26-24(22(33)20(31)17(10-28)38-26)39-25-23(34)21(32)19(30)16(9-27)37-25/h3,5-8,16-17,19-28,30-34H,4,9-10H2,1-2H3/t16-,17-,19-,20-,21+,22+,23-,24-,25+,26-/m1/s1. The maximum atomic E-state index is 11.8. The number of rotatable bonds is 8. The summed E-state index contributed by atoms with van der Waals surface area (Å²) in [6.45, 7) is 2.44. The van der Waals surface area contributed by atoms with Gasteiger partial charge in [0.1, 0.15) is 54.1 Å². The molecule has 3 heterocycles. The van der Waals surface area contributed by atoms with Gasteiger partial charge in [-0.1, -0.05) is 11.6 Å². The minimum absolute atomic E-state index is 0.182. The average molecular weight is 555 g/mol. The van der Waals surface area contributed by atoms with E-state index in [1.807, 2.05) is 19.9 Å². The molecule has 2 aromatic rings. The van der Waals surface area contributed by atoms with Crippen LogP contribution < -0.4 is 10.4 Å². The Morgan fingerprint density at radius 3 is 2.15 bits per heavy atom. The van der Waals surface area contributed by atoms with Crippen molar-refractivity contribution in [3.63, 3.8) is 0 Å². The lowest BCUT2D eigenvalue weighted by molar-refractivity contribution is -0.357. The topological polar surface area (TPSA) is 209 Å². The van der Waals surface area contributed by atoms with Gasteiger partial charge < -0.3 is 59.1 Å². The van der Waals surface area contributed by atoms with Crippen LogP contribution in [0.3, 0.4) is 0 Å². The molecule has 2 aliphatic heterocycles. The zero-order chi connectivity index (χ0) is 28.4. The summed E-state index contributed by atoms with van der Waals surface area (Å²) < 4.78 is 28.2. The van der Waals surface area contributed by atoms with Crippen molar-refractivity contribution in [2.24, 2.45) is 0 Å². The molecule has 10 atom stereocenters. The van der Waals surface area contributed by atoms with Crippen molar-refractivity contribution in [2.75, 3.05) is 13.2 Å². The zero-order valence-corrected chi connectivity index (χ0v) is 21.4. The molecule has 1 aromatic heterocycles. The summed E-state index contributed by atoms with van der Waals surface area (Å²) in [4.78, 5) is 11.8. The molecule has 13 nitrogen and oxygen atoms in total. The van der Waals surface area contributed by atoms with Gasteiger partial charge in [0.2, 0.25) is 6.29 Å². The fourth-order valence-corrected chi connectivity index (χ4v) is 4.48. The van der Waals surface area contributed by atoms with Crippen molar-refractivity contribution in [3.8, 4) is 5.75 Å². The third kappa shape index (κ3) is 6.33. The second-order valence-electron chi connectivity index (χ2n) is 9.86. The van der Waals surface area contributed by atoms with Crippen molar-refractivity contribution in [1.82, 2.24) is 0 Å². The third-order valence-corrected chi connectivity index (χ3v) is 6.74. The summed E-state index contributed by atoms with van der Waals surface area (Å²) in [6.07, 6.45) is -13.5. The summed E-state index contributed by atoms with van der Waals surface area (Å²) in [7, 11) is 0. The number of aliphatic hydroxyl groups is 7. The molecule has 2 fully saturated rings. The average Bonchev–Trinajstić information content (AvgIpc) is 2.91. The normalized spacial score (nSPS) is 35.1. The quantitative estimate of drug-likeness (QED) is 0.144. The largest absolute Gasteiger partial charge is 0.462 e. The lowest BCUT2D eigenvalue weighted by atomic mass is 9.97. The van der Waals surface area contributed by atoms with E-state index in [0.29, 0.717) is 17.4 Å². The Kier molecular flexibility index (Phi) is 9.39. The molecule has 4 rings (SSSR count). The van der Waals surface area contributed by atoms with Gasteiger partial charge in [-0.25, -0.2) is 4.79 Å². The van der Waals surface area contributed by atoms with Crippen molar-refractivity contribution < 1.29 is 59.1 Å². The van der Waals surface area contributed by atoms with Crippen molar-refractivity contribution >= 4 is 11.0 Å². The predicted octanol–water partition coefficient (Wildman–Crippen LogP) is -1.70. The van der Waals surface area contributed by atoms with Crippen LogP contribution in [0, 0.1) is 0 Å². The van der Waals surface area contributed by atoms with Crippen molar-refractivity contribution in [2.45, 2.75) is 81.7 Å². The monoisotopic (exact) mass is 554 g/mol. The highest BCUT2D eigenvalue weighted by Crippen LogP contribution is 2.33. The number of ether oxygens (including phenoxy) is 4. The smallest absolute Gasteiger partial charge is 0.336 e. The van der Waals surface area contributed by atoms with Crippen LogP contribution >= 0.6 is 0 Å². The van der Waals surface area contributed by atoms with Gasteiger partial charge >= 0.3 is 5.63 Å². The Morgan fingerprint density at radius 2 is 1.51 bits per heavy atom. The minimum atomic E-state index is -1.80. The first-order chi connectivity index (χ1) is 18.5. The van der Waals surface area contributed by atoms with Gasteiger partial charge in [0, 0.05) is 17.5 Å². The van der Waals surface area contributed by atoms with Gasteiger partial charge in [-0.15, -0.1) is 0 Å². The zero-order valence-electron chi connectivity index (χ0n) is 21.4. The highest BCUT2D eigenvalue weighted by molar-refractivity contribution is 5.79. The molecule has 0 saturated carbocycles. The maximum absolute atomic E-state index is 11.8. The van der Waals surface area contributed by atoms with E-state index in [2.05, 4.69) is 0 Å². The first-order valence-corrected chi connectivity index (χ1v) is 12.5. The van der Waals surface area contributed by atoms with Crippen LogP contribution in [0.15, 0.2) is 45.1 Å². The van der Waals surface area contributed by atoms with Crippen LogP contribution in [0.5, 0.6) is 5.75 Å². The molecule has 0 radical (unpaired) electrons. The highest BCUT2D eigenvalue weighted by Gasteiger charge is 2.51. The Hall–Kier alpha value is -2.43. The molecule has 0 spiro atoms. The predicted molar refractivity (Wildman–Crippen MR) is 133 cm³/mol. The van der Waals surface area contributed by atoms with E-state index < -0.39 is 80.3 Å². The number of allylic oxidation sites excluding steroid dienone is 2. The first kappa shape index (κ1) is 29.6. The fraction of sp³-hybridized carbons (Fsp3) is 0.577. The second kappa shape index (κ2) is 12.4. The molecule has 2 saturated heterocycles. The van der Waals surface area contributed by atoms with Crippen LogP contribution in [0.1, 0.15) is 19.4 Å². The molecule has 39 heavy (non-hydrogen) atoms. The van der Waals surface area contributed by atoms with E-state index >= 15 is 0 Å². The summed E-state index contributed by atoms with van der Waals surface area (Å²) >= 11 is 0. The van der Waals surface area contributed by atoms with E-state index in [4.69, 9.17) is 23.4 Å². The lowest BCUT2D eigenvalue weighted by Crippen LogP contribution is -2.65. The van der Waals surface area contributed by atoms with Crippen molar-refractivity contribution in [1.29, 1.82) is 0 Å². The van der Waals surface area contributed by atoms with Crippen LogP contribution in [0.25, 0.3) is 11.0 Å². The number of hydrogen-bond acceptors (Lipinski definition) is 13. The fourth-order valence-electron chi connectivity index (χ4n) is 4.48. The molecule has 216 valence electrons. The van der Waals surface area contributed by atoms with E-state index in [0.717, 1.165) is 5.57 Å². The molecule has 0 amide bonds.